The van der Waals surface area contributed by atoms with Gasteiger partial charge in [-0.2, -0.15) is 0 Å². The van der Waals surface area contributed by atoms with Crippen molar-refractivity contribution in [2.45, 2.75) is 18.9 Å². The van der Waals surface area contributed by atoms with Crippen LogP contribution in [0.2, 0.25) is 0 Å². The Hall–Kier alpha value is -2.16. The molecule has 0 spiro atoms. The van der Waals surface area contributed by atoms with Crippen LogP contribution in [0.4, 0.5) is 4.39 Å². The monoisotopic (exact) mass is 256 g/mol. The third kappa shape index (κ3) is 2.50. The minimum absolute atomic E-state index is 0.0304. The van der Waals surface area contributed by atoms with Gasteiger partial charge in [-0.15, -0.1) is 0 Å². The Morgan fingerprint density at radius 1 is 1.16 bits per heavy atom. The molecule has 0 amide bonds. The standard InChI is InChI=1S/C16H13FO2/c17-13-7-5-11(6-8-13)9-14(18)16-10-12-3-1-2-4-15(12)19-16/h1-8,16H,9-10H2. The van der Waals surface area contributed by atoms with Crippen LogP contribution < -0.4 is 4.74 Å². The highest BCUT2D eigenvalue weighted by molar-refractivity contribution is 5.86. The zero-order valence-electron chi connectivity index (χ0n) is 10.3. The maximum absolute atomic E-state index is 12.8. The lowest BCUT2D eigenvalue weighted by Gasteiger charge is -2.09. The Bertz CT molecular complexity index is 579. The van der Waals surface area contributed by atoms with Crippen molar-refractivity contribution >= 4 is 5.78 Å². The van der Waals surface area contributed by atoms with E-state index in [0.29, 0.717) is 6.42 Å². The molecule has 1 aliphatic heterocycles. The molecule has 3 heteroatoms. The maximum Gasteiger partial charge on any atom is 0.177 e. The van der Waals surface area contributed by atoms with E-state index in [1.807, 2.05) is 24.3 Å². The van der Waals surface area contributed by atoms with E-state index in [1.165, 1.54) is 12.1 Å². The summed E-state index contributed by atoms with van der Waals surface area (Å²) in [5, 5.41) is 0. The van der Waals surface area contributed by atoms with E-state index in [4.69, 9.17) is 4.74 Å². The molecule has 1 aliphatic rings. The fourth-order valence-electron chi connectivity index (χ4n) is 2.28. The summed E-state index contributed by atoms with van der Waals surface area (Å²) in [7, 11) is 0. The summed E-state index contributed by atoms with van der Waals surface area (Å²) in [4.78, 5) is 12.1. The molecule has 1 unspecified atom stereocenters. The van der Waals surface area contributed by atoms with Crippen LogP contribution in [-0.4, -0.2) is 11.9 Å². The van der Waals surface area contributed by atoms with E-state index >= 15 is 0 Å². The van der Waals surface area contributed by atoms with Gasteiger partial charge in [-0.1, -0.05) is 30.3 Å². The Morgan fingerprint density at radius 3 is 2.63 bits per heavy atom. The van der Waals surface area contributed by atoms with E-state index in [9.17, 15) is 9.18 Å². The SMILES string of the molecule is O=C(Cc1ccc(F)cc1)C1Cc2ccccc2O1. The number of rotatable bonds is 3. The van der Waals surface area contributed by atoms with Gasteiger partial charge in [-0.05, 0) is 29.3 Å². The van der Waals surface area contributed by atoms with Gasteiger partial charge in [0.05, 0.1) is 0 Å². The fraction of sp³-hybridized carbons (Fsp3) is 0.188. The molecule has 3 rings (SSSR count). The number of halogens is 1. The quantitative estimate of drug-likeness (QED) is 0.844. The molecule has 0 N–H and O–H groups in total. The number of carbonyl (C=O) groups excluding carboxylic acids is 1. The van der Waals surface area contributed by atoms with Gasteiger partial charge in [0.2, 0.25) is 0 Å². The van der Waals surface area contributed by atoms with Crippen LogP contribution in [0.3, 0.4) is 0 Å². The zero-order chi connectivity index (χ0) is 13.2. The topological polar surface area (TPSA) is 26.3 Å². The second-order valence-corrected chi connectivity index (χ2v) is 4.69. The van der Waals surface area contributed by atoms with E-state index < -0.39 is 6.10 Å². The van der Waals surface area contributed by atoms with Crippen molar-refractivity contribution in [2.75, 3.05) is 0 Å². The fourth-order valence-corrected chi connectivity index (χ4v) is 2.28. The van der Waals surface area contributed by atoms with Gasteiger partial charge in [0, 0.05) is 12.8 Å². The largest absolute Gasteiger partial charge is 0.482 e. The predicted molar refractivity (Wildman–Crippen MR) is 69.7 cm³/mol. The van der Waals surface area contributed by atoms with Crippen LogP contribution in [0.5, 0.6) is 5.75 Å². The van der Waals surface area contributed by atoms with Crippen molar-refractivity contribution in [3.8, 4) is 5.75 Å². The van der Waals surface area contributed by atoms with E-state index in [-0.39, 0.29) is 18.0 Å². The Labute approximate surface area is 110 Å². The molecule has 0 fully saturated rings. The molecule has 96 valence electrons. The molecule has 0 radical (unpaired) electrons. The van der Waals surface area contributed by atoms with Gasteiger partial charge < -0.3 is 4.74 Å². The summed E-state index contributed by atoms with van der Waals surface area (Å²) in [6.07, 6.45) is 0.484. The Morgan fingerprint density at radius 2 is 1.89 bits per heavy atom. The number of hydrogen-bond acceptors (Lipinski definition) is 2. The summed E-state index contributed by atoms with van der Waals surface area (Å²) in [5.74, 6) is 0.531. The molecule has 19 heavy (non-hydrogen) atoms. The first kappa shape index (κ1) is 11.9. The third-order valence-corrected chi connectivity index (χ3v) is 3.30. The molecule has 0 aliphatic carbocycles. The van der Waals surface area contributed by atoms with Gasteiger partial charge in [0.25, 0.3) is 0 Å². The smallest absolute Gasteiger partial charge is 0.177 e. The second-order valence-electron chi connectivity index (χ2n) is 4.69. The summed E-state index contributed by atoms with van der Waals surface area (Å²) in [6, 6.07) is 13.7. The van der Waals surface area contributed by atoms with Crippen molar-refractivity contribution in [3.63, 3.8) is 0 Å². The van der Waals surface area contributed by atoms with Crippen LogP contribution in [0.1, 0.15) is 11.1 Å². The van der Waals surface area contributed by atoms with Crippen LogP contribution in [0, 0.1) is 5.82 Å². The van der Waals surface area contributed by atoms with Gasteiger partial charge in [0.1, 0.15) is 11.6 Å². The van der Waals surface area contributed by atoms with E-state index in [1.54, 1.807) is 12.1 Å². The lowest BCUT2D eigenvalue weighted by Crippen LogP contribution is -2.26. The lowest BCUT2D eigenvalue weighted by atomic mass is 10.0. The summed E-state index contributed by atoms with van der Waals surface area (Å²) >= 11 is 0. The molecule has 0 aromatic heterocycles. The first-order chi connectivity index (χ1) is 9.22. The molecule has 2 aromatic carbocycles. The molecular formula is C16H13FO2. The summed E-state index contributed by atoms with van der Waals surface area (Å²) in [5.41, 5.74) is 1.88. The van der Waals surface area contributed by atoms with Gasteiger partial charge in [-0.25, -0.2) is 4.39 Å². The van der Waals surface area contributed by atoms with Gasteiger partial charge in [-0.3, -0.25) is 4.79 Å². The molecule has 0 saturated carbocycles. The van der Waals surface area contributed by atoms with Crippen molar-refractivity contribution < 1.29 is 13.9 Å². The first-order valence-electron chi connectivity index (χ1n) is 6.24. The number of hydrogen-bond donors (Lipinski definition) is 0. The molecule has 0 bridgehead atoms. The molecule has 2 aromatic rings. The number of Topliss-reactive ketones (excluding diaryl/α,β-unsaturated/α-hetero) is 1. The van der Waals surface area contributed by atoms with Crippen LogP contribution in [0.15, 0.2) is 48.5 Å². The number of benzene rings is 2. The minimum Gasteiger partial charge on any atom is -0.482 e. The van der Waals surface area contributed by atoms with Gasteiger partial charge >= 0.3 is 0 Å². The Balaban J connectivity index is 1.68. The molecule has 1 atom stereocenters. The number of para-hydroxylation sites is 1. The van der Waals surface area contributed by atoms with Gasteiger partial charge in [0.15, 0.2) is 11.9 Å². The summed E-state index contributed by atoms with van der Waals surface area (Å²) in [6.45, 7) is 0. The normalized spacial score (nSPS) is 16.8. The van der Waals surface area contributed by atoms with Crippen molar-refractivity contribution in [1.29, 1.82) is 0 Å². The second kappa shape index (κ2) is 4.84. The van der Waals surface area contributed by atoms with Crippen LogP contribution in [0.25, 0.3) is 0 Å². The average molecular weight is 256 g/mol. The first-order valence-corrected chi connectivity index (χ1v) is 6.24. The highest BCUT2D eigenvalue weighted by Gasteiger charge is 2.28. The molecular weight excluding hydrogens is 243 g/mol. The number of ketones is 1. The van der Waals surface area contributed by atoms with E-state index in [0.717, 1.165) is 16.9 Å². The lowest BCUT2D eigenvalue weighted by molar-refractivity contribution is -0.124. The number of carbonyl (C=O) groups is 1. The highest BCUT2D eigenvalue weighted by atomic mass is 19.1. The third-order valence-electron chi connectivity index (χ3n) is 3.30. The van der Waals surface area contributed by atoms with Crippen molar-refractivity contribution in [3.05, 3.63) is 65.5 Å². The molecule has 1 heterocycles. The highest BCUT2D eigenvalue weighted by Crippen LogP contribution is 2.28. The molecule has 0 saturated heterocycles. The number of fused-ring (bicyclic) bond motifs is 1. The zero-order valence-corrected chi connectivity index (χ0v) is 10.3. The summed E-state index contributed by atoms with van der Waals surface area (Å²) < 4.78 is 18.4. The van der Waals surface area contributed by atoms with Crippen LogP contribution >= 0.6 is 0 Å². The maximum atomic E-state index is 12.8. The van der Waals surface area contributed by atoms with Crippen molar-refractivity contribution in [2.24, 2.45) is 0 Å². The van der Waals surface area contributed by atoms with Crippen molar-refractivity contribution in [1.82, 2.24) is 0 Å². The minimum atomic E-state index is -0.414. The predicted octanol–water partition coefficient (Wildman–Crippen LogP) is 2.94. The molecule has 2 nitrogen and oxygen atoms in total. The van der Waals surface area contributed by atoms with Crippen LogP contribution in [-0.2, 0) is 17.6 Å². The van der Waals surface area contributed by atoms with E-state index in [2.05, 4.69) is 0 Å². The number of ether oxygens (including phenoxy) is 1. The Kier molecular flexibility index (Phi) is 3.03. The average Bonchev–Trinajstić information content (AvgIpc) is 2.85.